The summed E-state index contributed by atoms with van der Waals surface area (Å²) < 4.78 is 11.5. The largest absolute Gasteiger partial charge is 0.444 e. The second-order valence-corrected chi connectivity index (χ2v) is 5.61. The number of hydrogen-bond acceptors (Lipinski definition) is 6. The molecule has 2 aromatic rings. The average molecular weight is 328 g/mol. The van der Waals surface area contributed by atoms with E-state index in [2.05, 4.69) is 31.0 Å². The topological polar surface area (TPSA) is 75.5 Å². The van der Waals surface area contributed by atoms with E-state index in [1.807, 2.05) is 6.92 Å². The number of hydrogen-bond donors (Lipinski definition) is 1. The van der Waals surface area contributed by atoms with E-state index in [9.17, 15) is 5.11 Å². The lowest BCUT2D eigenvalue weighted by Gasteiger charge is -2.45. The zero-order chi connectivity index (χ0) is 13.5. The molecule has 0 spiro atoms. The van der Waals surface area contributed by atoms with Crippen LogP contribution < -0.4 is 0 Å². The molecule has 0 atom stereocenters. The number of aromatic nitrogens is 2. The number of nitrogens with zero attached hydrogens (tertiary/aromatic N) is 3. The van der Waals surface area contributed by atoms with Crippen molar-refractivity contribution >= 4 is 15.9 Å². The third-order valence-electron chi connectivity index (χ3n) is 3.30. The Morgan fingerprint density at radius 2 is 2.16 bits per heavy atom. The van der Waals surface area contributed by atoms with Crippen LogP contribution in [0.3, 0.4) is 0 Å². The fourth-order valence-electron chi connectivity index (χ4n) is 2.16. The van der Waals surface area contributed by atoms with Crippen molar-refractivity contribution in [2.24, 2.45) is 0 Å². The van der Waals surface area contributed by atoms with Crippen LogP contribution in [0, 0.1) is 0 Å². The molecule has 19 heavy (non-hydrogen) atoms. The summed E-state index contributed by atoms with van der Waals surface area (Å²) in [6.07, 6.45) is 0.763. The molecule has 1 aliphatic heterocycles. The third kappa shape index (κ3) is 2.58. The first-order valence-electron chi connectivity index (χ1n) is 6.11. The van der Waals surface area contributed by atoms with Crippen molar-refractivity contribution in [3.63, 3.8) is 0 Å². The Kier molecular flexibility index (Phi) is 3.20. The zero-order valence-corrected chi connectivity index (χ0v) is 12.1. The van der Waals surface area contributed by atoms with Crippen LogP contribution in [0.4, 0.5) is 0 Å². The molecule has 1 fully saturated rings. The molecule has 6 nitrogen and oxygen atoms in total. The molecule has 3 heterocycles. The lowest BCUT2D eigenvalue weighted by Crippen LogP contribution is -2.60. The molecule has 0 bridgehead atoms. The lowest BCUT2D eigenvalue weighted by molar-refractivity contribution is -0.105. The van der Waals surface area contributed by atoms with Crippen LogP contribution in [0.5, 0.6) is 0 Å². The van der Waals surface area contributed by atoms with E-state index in [1.54, 1.807) is 12.1 Å². The van der Waals surface area contributed by atoms with Gasteiger partial charge in [-0.2, -0.15) is 0 Å². The van der Waals surface area contributed by atoms with E-state index in [0.29, 0.717) is 41.8 Å². The molecule has 102 valence electrons. The first-order valence-corrected chi connectivity index (χ1v) is 6.90. The van der Waals surface area contributed by atoms with Gasteiger partial charge in [-0.3, -0.25) is 4.90 Å². The highest BCUT2D eigenvalue weighted by Gasteiger charge is 2.39. The maximum absolute atomic E-state index is 9.92. The van der Waals surface area contributed by atoms with Gasteiger partial charge in [-0.15, -0.1) is 10.2 Å². The average Bonchev–Trinajstić information content (AvgIpc) is 2.95. The second-order valence-electron chi connectivity index (χ2n) is 4.83. The summed E-state index contributed by atoms with van der Waals surface area (Å²) >= 11 is 3.22. The molecule has 1 saturated heterocycles. The Morgan fingerprint density at radius 1 is 1.37 bits per heavy atom. The van der Waals surface area contributed by atoms with Crippen LogP contribution in [0.15, 0.2) is 25.6 Å². The predicted octanol–water partition coefficient (Wildman–Crippen LogP) is 2.05. The monoisotopic (exact) mass is 327 g/mol. The fraction of sp³-hybridized carbons (Fsp3) is 0.500. The van der Waals surface area contributed by atoms with Crippen molar-refractivity contribution in [1.82, 2.24) is 15.1 Å². The summed E-state index contributed by atoms with van der Waals surface area (Å²) in [5.41, 5.74) is -0.547. The molecular formula is C12H14BrN3O3. The maximum atomic E-state index is 9.92. The number of β-amino-alcohol motifs (C(OH)–C–C–N with tert-alkyl or cyclic N) is 1. The van der Waals surface area contributed by atoms with Crippen LogP contribution in [-0.2, 0) is 6.54 Å². The maximum Gasteiger partial charge on any atom is 0.283 e. The summed E-state index contributed by atoms with van der Waals surface area (Å²) in [4.78, 5) is 2.07. The highest BCUT2D eigenvalue weighted by atomic mass is 79.9. The van der Waals surface area contributed by atoms with Gasteiger partial charge in [-0.1, -0.05) is 6.92 Å². The molecule has 2 aromatic heterocycles. The Hall–Kier alpha value is -1.18. The van der Waals surface area contributed by atoms with Gasteiger partial charge in [0.05, 0.1) is 12.1 Å². The Bertz CT molecular complexity index is 574. The zero-order valence-electron chi connectivity index (χ0n) is 10.5. The SMILES string of the molecule is CCC1(O)CN(Cc2nnc(-c3ccc(Br)o3)o2)C1. The van der Waals surface area contributed by atoms with Gasteiger partial charge in [0.2, 0.25) is 5.89 Å². The minimum absolute atomic E-state index is 0.368. The Morgan fingerprint density at radius 3 is 2.79 bits per heavy atom. The van der Waals surface area contributed by atoms with E-state index >= 15 is 0 Å². The lowest BCUT2D eigenvalue weighted by atomic mass is 9.91. The first kappa shape index (κ1) is 12.8. The molecule has 0 aromatic carbocycles. The molecule has 0 aliphatic carbocycles. The molecule has 0 radical (unpaired) electrons. The van der Waals surface area contributed by atoms with Crippen molar-refractivity contribution in [2.45, 2.75) is 25.5 Å². The number of furan rings is 1. The highest BCUT2D eigenvalue weighted by Crippen LogP contribution is 2.27. The van der Waals surface area contributed by atoms with E-state index in [-0.39, 0.29) is 0 Å². The van der Waals surface area contributed by atoms with Crippen molar-refractivity contribution in [1.29, 1.82) is 0 Å². The van der Waals surface area contributed by atoms with Gasteiger partial charge >= 0.3 is 0 Å². The standard InChI is InChI=1S/C12H14BrN3O3/c1-2-12(17)6-16(7-12)5-10-14-15-11(19-10)8-3-4-9(13)18-8/h3-4,17H,2,5-7H2,1H3. The predicted molar refractivity (Wildman–Crippen MR) is 70.2 cm³/mol. The van der Waals surface area contributed by atoms with E-state index in [4.69, 9.17) is 8.83 Å². The molecule has 3 rings (SSSR count). The van der Waals surface area contributed by atoms with Gasteiger partial charge in [-0.25, -0.2) is 0 Å². The molecule has 0 amide bonds. The summed E-state index contributed by atoms with van der Waals surface area (Å²) in [6, 6.07) is 3.54. The minimum Gasteiger partial charge on any atom is -0.444 e. The number of aliphatic hydroxyl groups is 1. The van der Waals surface area contributed by atoms with Gasteiger partial charge in [-0.05, 0) is 34.5 Å². The van der Waals surface area contributed by atoms with Crippen molar-refractivity contribution < 1.29 is 13.9 Å². The van der Waals surface area contributed by atoms with Crippen LogP contribution >= 0.6 is 15.9 Å². The van der Waals surface area contributed by atoms with Gasteiger partial charge in [0.1, 0.15) is 0 Å². The highest BCUT2D eigenvalue weighted by molar-refractivity contribution is 9.10. The molecule has 0 saturated carbocycles. The molecule has 7 heteroatoms. The van der Waals surface area contributed by atoms with Crippen LogP contribution in [-0.4, -0.2) is 38.9 Å². The summed E-state index contributed by atoms with van der Waals surface area (Å²) in [5.74, 6) is 1.44. The van der Waals surface area contributed by atoms with Crippen molar-refractivity contribution in [3.8, 4) is 11.7 Å². The quantitative estimate of drug-likeness (QED) is 0.926. The molecule has 1 N–H and O–H groups in total. The van der Waals surface area contributed by atoms with Gasteiger partial charge in [0.25, 0.3) is 5.89 Å². The van der Waals surface area contributed by atoms with Gasteiger partial charge in [0, 0.05) is 13.1 Å². The van der Waals surface area contributed by atoms with Crippen molar-refractivity contribution in [2.75, 3.05) is 13.1 Å². The molecule has 0 unspecified atom stereocenters. The van der Waals surface area contributed by atoms with Crippen LogP contribution in [0.25, 0.3) is 11.7 Å². The van der Waals surface area contributed by atoms with Crippen LogP contribution in [0.1, 0.15) is 19.2 Å². The third-order valence-corrected chi connectivity index (χ3v) is 3.73. The normalized spacial score (nSPS) is 18.5. The number of halogens is 1. The minimum atomic E-state index is -0.547. The Balaban J connectivity index is 1.63. The number of rotatable bonds is 4. The van der Waals surface area contributed by atoms with Gasteiger partial charge in [0.15, 0.2) is 10.4 Å². The Labute approximate surface area is 118 Å². The van der Waals surface area contributed by atoms with Crippen LogP contribution in [0.2, 0.25) is 0 Å². The smallest absolute Gasteiger partial charge is 0.283 e. The summed E-state index contributed by atoms with van der Waals surface area (Å²) in [6.45, 7) is 3.83. The molecular weight excluding hydrogens is 314 g/mol. The van der Waals surface area contributed by atoms with Gasteiger partial charge < -0.3 is 13.9 Å². The van der Waals surface area contributed by atoms with E-state index in [1.165, 1.54) is 0 Å². The second kappa shape index (κ2) is 4.73. The molecule has 1 aliphatic rings. The van der Waals surface area contributed by atoms with Crippen molar-refractivity contribution in [3.05, 3.63) is 22.7 Å². The van der Waals surface area contributed by atoms with E-state index in [0.717, 1.165) is 6.42 Å². The summed E-state index contributed by atoms with van der Waals surface area (Å²) in [5, 5.41) is 17.9. The fourth-order valence-corrected chi connectivity index (χ4v) is 2.47. The first-order chi connectivity index (χ1) is 9.08. The van der Waals surface area contributed by atoms with E-state index < -0.39 is 5.60 Å². The summed E-state index contributed by atoms with van der Waals surface area (Å²) in [7, 11) is 0. The number of likely N-dealkylation sites (tertiary alicyclic amines) is 1.